The molecule has 7 nitrogen and oxygen atoms in total. The molecule has 0 saturated carbocycles. The van der Waals surface area contributed by atoms with Gasteiger partial charge in [-0.2, -0.15) is 0 Å². The Hall–Kier alpha value is -3.07. The van der Waals surface area contributed by atoms with Crippen molar-refractivity contribution in [3.8, 4) is 11.3 Å². The third kappa shape index (κ3) is 2.70. The molecular weight excluding hydrogens is 450 g/mol. The highest BCUT2D eigenvalue weighted by Gasteiger charge is 2.38. The molecule has 0 aliphatic carbocycles. The van der Waals surface area contributed by atoms with Gasteiger partial charge in [-0.25, -0.2) is 8.42 Å². The number of halogens is 1. The van der Waals surface area contributed by atoms with E-state index in [-0.39, 0.29) is 34.2 Å². The molecule has 0 bridgehead atoms. The first-order valence-corrected chi connectivity index (χ1v) is 11.5. The van der Waals surface area contributed by atoms with Crippen LogP contribution in [0.25, 0.3) is 22.2 Å². The van der Waals surface area contributed by atoms with Gasteiger partial charge in [0, 0.05) is 35.8 Å². The van der Waals surface area contributed by atoms with Gasteiger partial charge in [-0.15, -0.1) is 12.4 Å². The Labute approximate surface area is 190 Å². The van der Waals surface area contributed by atoms with Crippen LogP contribution in [0.4, 0.5) is 5.69 Å². The van der Waals surface area contributed by atoms with E-state index in [0.29, 0.717) is 17.7 Å². The largest absolute Gasteiger partial charge is 0.461 e. The van der Waals surface area contributed by atoms with Gasteiger partial charge in [-0.05, 0) is 30.2 Å². The van der Waals surface area contributed by atoms with Crippen molar-refractivity contribution >= 4 is 39.0 Å². The standard InChI is InChI=1S/C23H19N3O4S.ClH/c1-26-21-22(27)16(12-30-23(21)15-7-3-5-9-18(15)31(26,28)29)19-20-14(10-11-24-19)13-6-2-4-8-17(13)25-20;/h2-9,12,19,24-25H,10-11H2,1H3;1H. The van der Waals surface area contributed by atoms with Gasteiger partial charge >= 0.3 is 0 Å². The van der Waals surface area contributed by atoms with E-state index in [9.17, 15) is 13.2 Å². The quantitative estimate of drug-likeness (QED) is 0.444. The van der Waals surface area contributed by atoms with Gasteiger partial charge in [0.1, 0.15) is 12.0 Å². The average Bonchev–Trinajstić information content (AvgIpc) is 3.17. The predicted molar refractivity (Wildman–Crippen MR) is 125 cm³/mol. The minimum Gasteiger partial charge on any atom is -0.461 e. The van der Waals surface area contributed by atoms with Crippen molar-refractivity contribution in [2.45, 2.75) is 17.4 Å². The monoisotopic (exact) mass is 469 g/mol. The second kappa shape index (κ2) is 7.23. The van der Waals surface area contributed by atoms with E-state index in [2.05, 4.69) is 16.4 Å². The van der Waals surface area contributed by atoms with Crippen LogP contribution in [-0.2, 0) is 16.4 Å². The number of hydrogen-bond acceptors (Lipinski definition) is 5. The molecule has 1 unspecified atom stereocenters. The van der Waals surface area contributed by atoms with Crippen molar-refractivity contribution in [1.82, 2.24) is 10.3 Å². The number of sulfonamides is 1. The molecule has 4 heterocycles. The third-order valence-corrected chi connectivity index (χ3v) is 8.07. The van der Waals surface area contributed by atoms with E-state index >= 15 is 0 Å². The molecule has 4 aromatic rings. The summed E-state index contributed by atoms with van der Waals surface area (Å²) in [7, 11) is -2.44. The summed E-state index contributed by atoms with van der Waals surface area (Å²) in [5, 5.41) is 4.53. The highest BCUT2D eigenvalue weighted by molar-refractivity contribution is 7.93. The molecule has 6 rings (SSSR count). The molecule has 164 valence electrons. The number of hydrogen-bond donors (Lipinski definition) is 2. The van der Waals surface area contributed by atoms with E-state index < -0.39 is 16.1 Å². The minimum absolute atomic E-state index is 0. The highest BCUT2D eigenvalue weighted by atomic mass is 35.5. The van der Waals surface area contributed by atoms with Crippen molar-refractivity contribution < 1.29 is 12.8 Å². The molecule has 2 aliphatic heterocycles. The zero-order valence-corrected chi connectivity index (χ0v) is 18.7. The van der Waals surface area contributed by atoms with E-state index in [4.69, 9.17) is 4.42 Å². The van der Waals surface area contributed by atoms with Gasteiger partial charge in [0.25, 0.3) is 10.0 Å². The number of nitrogens with one attached hydrogen (secondary N) is 2. The van der Waals surface area contributed by atoms with Gasteiger partial charge in [-0.3, -0.25) is 9.10 Å². The van der Waals surface area contributed by atoms with Crippen molar-refractivity contribution in [2.75, 3.05) is 17.9 Å². The molecule has 0 saturated heterocycles. The fraction of sp³-hybridized carbons (Fsp3) is 0.174. The average molecular weight is 470 g/mol. The summed E-state index contributed by atoms with van der Waals surface area (Å²) in [5.74, 6) is 0.273. The molecule has 32 heavy (non-hydrogen) atoms. The van der Waals surface area contributed by atoms with Crippen LogP contribution >= 0.6 is 12.4 Å². The number of anilines is 1. The van der Waals surface area contributed by atoms with Crippen LogP contribution in [0.5, 0.6) is 0 Å². The molecule has 9 heteroatoms. The summed E-state index contributed by atoms with van der Waals surface area (Å²) in [6.07, 6.45) is 2.30. The number of aromatic amines is 1. The van der Waals surface area contributed by atoms with E-state index in [0.717, 1.165) is 27.3 Å². The first kappa shape index (κ1) is 20.8. The normalized spacial score (nSPS) is 18.4. The molecule has 2 N–H and O–H groups in total. The Morgan fingerprint density at radius 3 is 2.69 bits per heavy atom. The maximum atomic E-state index is 13.6. The van der Waals surface area contributed by atoms with Gasteiger partial charge in [0.15, 0.2) is 5.76 Å². The molecular formula is C23H20ClN3O4S. The van der Waals surface area contributed by atoms with Gasteiger partial charge in [0.2, 0.25) is 5.43 Å². The smallest absolute Gasteiger partial charge is 0.265 e. The minimum atomic E-state index is -3.84. The van der Waals surface area contributed by atoms with E-state index in [1.807, 2.05) is 18.2 Å². The van der Waals surface area contributed by atoms with Crippen molar-refractivity contribution in [1.29, 1.82) is 0 Å². The lowest BCUT2D eigenvalue weighted by Crippen LogP contribution is -2.38. The van der Waals surface area contributed by atoms with Crippen LogP contribution in [-0.4, -0.2) is 27.0 Å². The number of H-pyrrole nitrogens is 1. The fourth-order valence-corrected chi connectivity index (χ4v) is 6.13. The zero-order valence-electron chi connectivity index (χ0n) is 17.1. The lowest BCUT2D eigenvalue weighted by Gasteiger charge is -2.29. The van der Waals surface area contributed by atoms with Crippen LogP contribution in [0, 0.1) is 0 Å². The summed E-state index contributed by atoms with van der Waals surface area (Å²) in [6, 6.07) is 14.2. The lowest BCUT2D eigenvalue weighted by atomic mass is 9.94. The first-order chi connectivity index (χ1) is 15.0. The van der Waals surface area contributed by atoms with Gasteiger partial charge in [0.05, 0.1) is 16.5 Å². The molecule has 1 atom stereocenters. The highest BCUT2D eigenvalue weighted by Crippen LogP contribution is 2.41. The first-order valence-electron chi connectivity index (χ1n) is 10.1. The number of para-hydroxylation sites is 1. The Bertz CT molecular complexity index is 1540. The molecule has 2 aromatic heterocycles. The molecule has 0 amide bonds. The van der Waals surface area contributed by atoms with Crippen LogP contribution in [0.3, 0.4) is 0 Å². The molecule has 2 aliphatic rings. The maximum absolute atomic E-state index is 13.6. The molecule has 2 aromatic carbocycles. The van der Waals surface area contributed by atoms with Crippen molar-refractivity contribution in [3.63, 3.8) is 0 Å². The third-order valence-electron chi connectivity index (χ3n) is 6.25. The predicted octanol–water partition coefficient (Wildman–Crippen LogP) is 3.58. The summed E-state index contributed by atoms with van der Waals surface area (Å²) < 4.78 is 33.1. The number of benzene rings is 2. The number of nitrogens with zero attached hydrogens (tertiary/aromatic N) is 1. The molecule has 0 fully saturated rings. The Morgan fingerprint density at radius 1 is 1.09 bits per heavy atom. The van der Waals surface area contributed by atoms with Crippen LogP contribution < -0.4 is 15.1 Å². The topological polar surface area (TPSA) is 95.4 Å². The van der Waals surface area contributed by atoms with Crippen LogP contribution in [0.1, 0.15) is 22.9 Å². The Balaban J connectivity index is 0.00000216. The van der Waals surface area contributed by atoms with Crippen LogP contribution in [0.2, 0.25) is 0 Å². The van der Waals surface area contributed by atoms with E-state index in [1.165, 1.54) is 24.9 Å². The number of aromatic nitrogens is 1. The summed E-state index contributed by atoms with van der Waals surface area (Å²) in [6.45, 7) is 0.701. The number of rotatable bonds is 1. The van der Waals surface area contributed by atoms with Crippen LogP contribution in [0.15, 0.2) is 68.9 Å². The van der Waals surface area contributed by atoms with Gasteiger partial charge in [-0.1, -0.05) is 30.3 Å². The maximum Gasteiger partial charge on any atom is 0.265 e. The zero-order chi connectivity index (χ0) is 21.3. The SMILES string of the molecule is CN1c2c(occ(C3NCCc4c3[nH]c3ccccc43)c2=O)-c2ccccc2S1(=O)=O.Cl. The lowest BCUT2D eigenvalue weighted by molar-refractivity contribution is 0.510. The Morgan fingerprint density at radius 2 is 1.84 bits per heavy atom. The van der Waals surface area contributed by atoms with E-state index in [1.54, 1.807) is 18.2 Å². The summed E-state index contributed by atoms with van der Waals surface area (Å²) >= 11 is 0. The second-order valence-electron chi connectivity index (χ2n) is 7.87. The fourth-order valence-electron chi connectivity index (χ4n) is 4.74. The molecule has 0 spiro atoms. The second-order valence-corrected chi connectivity index (χ2v) is 9.80. The Kier molecular flexibility index (Phi) is 4.70. The summed E-state index contributed by atoms with van der Waals surface area (Å²) in [5.41, 5.74) is 3.57. The van der Waals surface area contributed by atoms with Gasteiger partial charge < -0.3 is 14.7 Å². The van der Waals surface area contributed by atoms with Crippen molar-refractivity contribution in [2.24, 2.45) is 0 Å². The van der Waals surface area contributed by atoms with Crippen molar-refractivity contribution in [3.05, 3.63) is 81.8 Å². The molecule has 0 radical (unpaired) electrons. The number of fused-ring (bicyclic) bond motifs is 6. The summed E-state index contributed by atoms with van der Waals surface area (Å²) in [4.78, 5) is 17.2.